The number of nitrogens with one attached hydrogen (secondary N) is 2. The SMILES string of the molecule is O=C(Nc1ccsc1C(F)(F)F)c1cnn2ccc(N3CCCNCC3)nc12. The summed E-state index contributed by atoms with van der Waals surface area (Å²) in [6, 6.07) is 3.05. The van der Waals surface area contributed by atoms with Gasteiger partial charge in [0.05, 0.1) is 11.9 Å². The number of carbonyl (C=O) groups excluding carboxylic acids is 1. The summed E-state index contributed by atoms with van der Waals surface area (Å²) in [7, 11) is 0. The first-order valence-electron chi connectivity index (χ1n) is 8.69. The van der Waals surface area contributed by atoms with Crippen LogP contribution in [0, 0.1) is 0 Å². The van der Waals surface area contributed by atoms with Crippen LogP contribution in [0.5, 0.6) is 0 Å². The summed E-state index contributed by atoms with van der Waals surface area (Å²) in [5.74, 6) is 0.0262. The van der Waals surface area contributed by atoms with Crippen molar-refractivity contribution in [3.8, 4) is 0 Å². The molecule has 1 aliphatic heterocycles. The predicted molar refractivity (Wildman–Crippen MR) is 100.0 cm³/mol. The van der Waals surface area contributed by atoms with Gasteiger partial charge < -0.3 is 15.5 Å². The third kappa shape index (κ3) is 3.67. The zero-order valence-electron chi connectivity index (χ0n) is 14.7. The van der Waals surface area contributed by atoms with Crippen molar-refractivity contribution in [2.75, 3.05) is 36.4 Å². The second-order valence-corrected chi connectivity index (χ2v) is 7.23. The van der Waals surface area contributed by atoms with E-state index in [-0.39, 0.29) is 11.3 Å². The number of hydrogen-bond acceptors (Lipinski definition) is 6. The summed E-state index contributed by atoms with van der Waals surface area (Å²) in [6.07, 6.45) is -0.550. The molecule has 2 N–H and O–H groups in total. The minimum atomic E-state index is -4.52. The molecule has 0 spiro atoms. The number of fused-ring (bicyclic) bond motifs is 1. The Labute approximate surface area is 162 Å². The van der Waals surface area contributed by atoms with E-state index < -0.39 is 17.0 Å². The van der Waals surface area contributed by atoms with Crippen molar-refractivity contribution in [1.82, 2.24) is 19.9 Å². The molecule has 11 heteroatoms. The molecule has 1 amide bonds. The lowest BCUT2D eigenvalue weighted by Crippen LogP contribution is -2.28. The Morgan fingerprint density at radius 1 is 1.25 bits per heavy atom. The maximum absolute atomic E-state index is 13.0. The zero-order valence-corrected chi connectivity index (χ0v) is 15.5. The molecule has 4 heterocycles. The Bertz CT molecular complexity index is 990. The lowest BCUT2D eigenvalue weighted by molar-refractivity contribution is -0.133. The fraction of sp³-hybridized carbons (Fsp3) is 0.353. The van der Waals surface area contributed by atoms with E-state index in [4.69, 9.17) is 0 Å². The molecule has 3 aromatic rings. The van der Waals surface area contributed by atoms with Gasteiger partial charge in [-0.05, 0) is 30.5 Å². The molecule has 4 rings (SSSR count). The summed E-state index contributed by atoms with van der Waals surface area (Å²) >= 11 is 0.534. The predicted octanol–water partition coefficient (Wildman–Crippen LogP) is 2.86. The first-order chi connectivity index (χ1) is 13.4. The van der Waals surface area contributed by atoms with Crippen LogP contribution in [-0.2, 0) is 6.18 Å². The molecule has 0 radical (unpaired) electrons. The van der Waals surface area contributed by atoms with Gasteiger partial charge >= 0.3 is 6.18 Å². The standard InChI is InChI=1S/C17H17F3N6OS/c18-17(19,20)14-12(3-9-28-14)23-16(27)11-10-22-26-7-2-13(24-15(11)26)25-6-1-4-21-5-8-25/h2-3,7,9-10,21H,1,4-6,8H2,(H,23,27). The van der Waals surface area contributed by atoms with E-state index in [1.165, 1.54) is 22.2 Å². The minimum absolute atomic E-state index is 0.120. The highest BCUT2D eigenvalue weighted by Crippen LogP contribution is 2.39. The van der Waals surface area contributed by atoms with Crippen LogP contribution < -0.4 is 15.5 Å². The lowest BCUT2D eigenvalue weighted by Gasteiger charge is -2.20. The second-order valence-electron chi connectivity index (χ2n) is 6.32. The Kier molecular flexibility index (Phi) is 4.94. The average molecular weight is 410 g/mol. The zero-order chi connectivity index (χ0) is 19.7. The van der Waals surface area contributed by atoms with Gasteiger partial charge in [0.1, 0.15) is 16.3 Å². The van der Waals surface area contributed by atoms with Crippen LogP contribution in [0.2, 0.25) is 0 Å². The van der Waals surface area contributed by atoms with E-state index in [2.05, 4.69) is 25.6 Å². The molecule has 28 heavy (non-hydrogen) atoms. The van der Waals surface area contributed by atoms with Gasteiger partial charge in [-0.2, -0.15) is 18.3 Å². The van der Waals surface area contributed by atoms with Gasteiger partial charge in [0.25, 0.3) is 5.91 Å². The smallest absolute Gasteiger partial charge is 0.355 e. The van der Waals surface area contributed by atoms with Crippen LogP contribution in [0.4, 0.5) is 24.7 Å². The maximum atomic E-state index is 13.0. The molecule has 0 saturated carbocycles. The molecule has 1 aliphatic rings. The van der Waals surface area contributed by atoms with Crippen LogP contribution in [0.3, 0.4) is 0 Å². The number of rotatable bonds is 3. The summed E-state index contributed by atoms with van der Waals surface area (Å²) in [6.45, 7) is 3.37. The highest BCUT2D eigenvalue weighted by atomic mass is 32.1. The van der Waals surface area contributed by atoms with E-state index >= 15 is 0 Å². The number of halogens is 3. The molecular weight excluding hydrogens is 393 g/mol. The average Bonchev–Trinajstić information content (AvgIpc) is 3.20. The third-order valence-electron chi connectivity index (χ3n) is 4.43. The summed E-state index contributed by atoms with van der Waals surface area (Å²) in [5, 5.41) is 11.0. The number of anilines is 2. The number of carbonyl (C=O) groups is 1. The van der Waals surface area contributed by atoms with Crippen molar-refractivity contribution in [3.05, 3.63) is 40.3 Å². The number of hydrogen-bond donors (Lipinski definition) is 2. The number of alkyl halides is 3. The van der Waals surface area contributed by atoms with Crippen molar-refractivity contribution in [1.29, 1.82) is 0 Å². The van der Waals surface area contributed by atoms with Crippen molar-refractivity contribution in [2.45, 2.75) is 12.6 Å². The quantitative estimate of drug-likeness (QED) is 0.695. The largest absolute Gasteiger partial charge is 0.427 e. The molecule has 0 atom stereocenters. The normalized spacial score (nSPS) is 15.6. The molecular formula is C17H17F3N6OS. The van der Waals surface area contributed by atoms with Gasteiger partial charge in [-0.1, -0.05) is 0 Å². The van der Waals surface area contributed by atoms with Gasteiger partial charge in [0, 0.05) is 25.8 Å². The molecule has 0 aromatic carbocycles. The maximum Gasteiger partial charge on any atom is 0.427 e. The van der Waals surface area contributed by atoms with E-state index in [9.17, 15) is 18.0 Å². The van der Waals surface area contributed by atoms with Crippen LogP contribution in [0.15, 0.2) is 29.9 Å². The Morgan fingerprint density at radius 3 is 2.93 bits per heavy atom. The Hall–Kier alpha value is -2.66. The molecule has 3 aromatic heterocycles. The fourth-order valence-electron chi connectivity index (χ4n) is 3.09. The lowest BCUT2D eigenvalue weighted by atomic mass is 10.3. The van der Waals surface area contributed by atoms with Crippen LogP contribution in [0.25, 0.3) is 5.65 Å². The number of aromatic nitrogens is 3. The number of thiophene rings is 1. The summed E-state index contributed by atoms with van der Waals surface area (Å²) < 4.78 is 40.6. The second kappa shape index (κ2) is 7.40. The molecule has 0 bridgehead atoms. The van der Waals surface area contributed by atoms with E-state index in [1.807, 2.05) is 6.07 Å². The van der Waals surface area contributed by atoms with Crippen LogP contribution in [-0.4, -0.2) is 46.7 Å². The van der Waals surface area contributed by atoms with E-state index in [0.29, 0.717) is 22.8 Å². The fourth-order valence-corrected chi connectivity index (χ4v) is 3.81. The van der Waals surface area contributed by atoms with Gasteiger partial charge in [0.2, 0.25) is 0 Å². The topological polar surface area (TPSA) is 74.6 Å². The molecule has 1 fully saturated rings. The highest BCUT2D eigenvalue weighted by molar-refractivity contribution is 7.10. The minimum Gasteiger partial charge on any atom is -0.355 e. The van der Waals surface area contributed by atoms with Gasteiger partial charge in [-0.15, -0.1) is 11.3 Å². The van der Waals surface area contributed by atoms with Crippen molar-refractivity contribution in [3.63, 3.8) is 0 Å². The Morgan fingerprint density at radius 2 is 2.11 bits per heavy atom. The molecule has 0 unspecified atom stereocenters. The monoisotopic (exact) mass is 410 g/mol. The van der Waals surface area contributed by atoms with Crippen molar-refractivity contribution >= 4 is 34.4 Å². The van der Waals surface area contributed by atoms with E-state index in [1.54, 1.807) is 6.20 Å². The van der Waals surface area contributed by atoms with Gasteiger partial charge in [0.15, 0.2) is 5.65 Å². The molecule has 0 aliphatic carbocycles. The third-order valence-corrected chi connectivity index (χ3v) is 5.39. The number of amides is 1. The summed E-state index contributed by atoms with van der Waals surface area (Å²) in [5.41, 5.74) is 0.154. The highest BCUT2D eigenvalue weighted by Gasteiger charge is 2.35. The Balaban J connectivity index is 1.62. The summed E-state index contributed by atoms with van der Waals surface area (Å²) in [4.78, 5) is 18.4. The van der Waals surface area contributed by atoms with Crippen LogP contribution in [0.1, 0.15) is 21.7 Å². The van der Waals surface area contributed by atoms with Gasteiger partial charge in [-0.25, -0.2) is 9.50 Å². The van der Waals surface area contributed by atoms with Crippen molar-refractivity contribution < 1.29 is 18.0 Å². The van der Waals surface area contributed by atoms with E-state index in [0.717, 1.165) is 32.6 Å². The number of nitrogens with zero attached hydrogens (tertiary/aromatic N) is 4. The molecule has 148 valence electrons. The first-order valence-corrected chi connectivity index (χ1v) is 9.57. The molecule has 7 nitrogen and oxygen atoms in total. The van der Waals surface area contributed by atoms with Crippen LogP contribution >= 0.6 is 11.3 Å². The van der Waals surface area contributed by atoms with Gasteiger partial charge in [-0.3, -0.25) is 4.79 Å². The van der Waals surface area contributed by atoms with Crippen molar-refractivity contribution in [2.24, 2.45) is 0 Å². The first kappa shape index (κ1) is 18.7. The molecule has 1 saturated heterocycles.